The monoisotopic (exact) mass is 567 g/mol. The van der Waals surface area contributed by atoms with E-state index in [1.807, 2.05) is 44.2 Å². The first-order valence-corrected chi connectivity index (χ1v) is 13.7. The summed E-state index contributed by atoms with van der Waals surface area (Å²) in [6.45, 7) is 4.58. The maximum atomic E-state index is 14.2. The van der Waals surface area contributed by atoms with Crippen molar-refractivity contribution >= 4 is 27.8 Å². The van der Waals surface area contributed by atoms with Crippen LogP contribution in [0.4, 0.5) is 0 Å². The molecular formula is C34H33NO7. The molecule has 0 saturated carbocycles. The van der Waals surface area contributed by atoms with Crippen molar-refractivity contribution < 1.29 is 23.4 Å². The van der Waals surface area contributed by atoms with Gasteiger partial charge in [-0.15, -0.1) is 0 Å². The molecule has 0 bridgehead atoms. The van der Waals surface area contributed by atoms with Crippen LogP contribution in [0.3, 0.4) is 0 Å². The highest BCUT2D eigenvalue weighted by molar-refractivity contribution is 5.88. The Bertz CT molecular complexity index is 1880. The number of benzene rings is 3. The summed E-state index contributed by atoms with van der Waals surface area (Å²) in [5.41, 5.74) is 2.42. The van der Waals surface area contributed by atoms with Gasteiger partial charge < -0.3 is 23.2 Å². The van der Waals surface area contributed by atoms with Crippen LogP contribution >= 0.6 is 0 Å². The van der Waals surface area contributed by atoms with Gasteiger partial charge in [0.25, 0.3) is 5.56 Å². The van der Waals surface area contributed by atoms with Gasteiger partial charge >= 0.3 is 5.97 Å². The van der Waals surface area contributed by atoms with E-state index in [0.717, 1.165) is 10.9 Å². The molecule has 0 spiro atoms. The third-order valence-electron chi connectivity index (χ3n) is 7.46. The van der Waals surface area contributed by atoms with Crippen LogP contribution in [0, 0.1) is 5.92 Å². The SMILES string of the molecule is COC(=O)CC(c1cc2ccccc2n(CC(C)C)c1=O)c1c(OC)ccc2c(=O)c(-c3ccc(OC)cc3)coc12. The molecule has 0 aliphatic rings. The molecular weight excluding hydrogens is 534 g/mol. The van der Waals surface area contributed by atoms with Crippen LogP contribution < -0.4 is 20.5 Å². The number of para-hydroxylation sites is 1. The highest BCUT2D eigenvalue weighted by Gasteiger charge is 2.30. The quantitative estimate of drug-likeness (QED) is 0.197. The van der Waals surface area contributed by atoms with Crippen molar-refractivity contribution in [3.05, 3.63) is 105 Å². The maximum absolute atomic E-state index is 14.2. The number of fused-ring (bicyclic) bond motifs is 2. The second kappa shape index (κ2) is 11.9. The number of hydrogen-bond acceptors (Lipinski definition) is 7. The molecule has 0 aliphatic carbocycles. The zero-order valence-corrected chi connectivity index (χ0v) is 24.3. The van der Waals surface area contributed by atoms with Crippen molar-refractivity contribution in [2.24, 2.45) is 5.92 Å². The number of esters is 1. The van der Waals surface area contributed by atoms with Crippen LogP contribution in [0.15, 0.2) is 87.0 Å². The molecule has 2 aromatic heterocycles. The van der Waals surface area contributed by atoms with Crippen LogP contribution in [-0.4, -0.2) is 31.9 Å². The summed E-state index contributed by atoms with van der Waals surface area (Å²) in [7, 11) is 4.38. The minimum Gasteiger partial charge on any atom is -0.497 e. The largest absolute Gasteiger partial charge is 0.497 e. The van der Waals surface area contributed by atoms with E-state index in [1.165, 1.54) is 20.5 Å². The first-order chi connectivity index (χ1) is 20.3. The van der Waals surface area contributed by atoms with Crippen LogP contribution in [0.2, 0.25) is 0 Å². The third-order valence-corrected chi connectivity index (χ3v) is 7.46. The molecule has 3 aromatic carbocycles. The van der Waals surface area contributed by atoms with E-state index in [4.69, 9.17) is 18.6 Å². The first kappa shape index (κ1) is 28.7. The second-order valence-corrected chi connectivity index (χ2v) is 10.6. The Balaban J connectivity index is 1.80. The number of methoxy groups -OCH3 is 3. The van der Waals surface area contributed by atoms with E-state index in [-0.39, 0.29) is 28.9 Å². The average molecular weight is 568 g/mol. The highest BCUT2D eigenvalue weighted by atomic mass is 16.5. The van der Waals surface area contributed by atoms with Crippen molar-refractivity contribution in [1.29, 1.82) is 0 Å². The molecule has 5 rings (SSSR count). The number of carbonyl (C=O) groups is 1. The lowest BCUT2D eigenvalue weighted by atomic mass is 9.86. The highest BCUT2D eigenvalue weighted by Crippen LogP contribution is 2.39. The zero-order valence-electron chi connectivity index (χ0n) is 24.3. The Morgan fingerprint density at radius 1 is 0.929 bits per heavy atom. The standard InChI is InChI=1S/C34H33NO7/c1-20(2)18-35-28-9-7-6-8-22(28)16-26(34(35)38)25(17-30(36)41-5)31-29(40-4)15-14-24-32(37)27(19-42-33(24)31)21-10-12-23(39-3)13-11-21/h6-16,19-20,25H,17-18H2,1-5H3. The molecule has 8 nitrogen and oxygen atoms in total. The number of aromatic nitrogens is 1. The fourth-order valence-electron chi connectivity index (χ4n) is 5.44. The summed E-state index contributed by atoms with van der Waals surface area (Å²) < 4.78 is 24.0. The minimum atomic E-state index is -0.818. The molecule has 8 heteroatoms. The van der Waals surface area contributed by atoms with Crippen molar-refractivity contribution in [3.8, 4) is 22.6 Å². The van der Waals surface area contributed by atoms with Gasteiger partial charge in [0, 0.05) is 23.6 Å². The summed E-state index contributed by atoms with van der Waals surface area (Å²) in [6, 6.07) is 19.9. The van der Waals surface area contributed by atoms with Gasteiger partial charge in [-0.2, -0.15) is 0 Å². The fraction of sp³-hybridized carbons (Fsp3) is 0.265. The Morgan fingerprint density at radius 2 is 1.67 bits per heavy atom. The number of carbonyl (C=O) groups excluding carboxylic acids is 1. The predicted octanol–water partition coefficient (Wildman–Crippen LogP) is 6.14. The number of rotatable bonds is 9. The lowest BCUT2D eigenvalue weighted by Crippen LogP contribution is -2.29. The Morgan fingerprint density at radius 3 is 2.33 bits per heavy atom. The van der Waals surface area contributed by atoms with Gasteiger partial charge in [0.2, 0.25) is 5.43 Å². The molecule has 42 heavy (non-hydrogen) atoms. The summed E-state index contributed by atoms with van der Waals surface area (Å²) in [5.74, 6) is -0.0810. The molecule has 5 aromatic rings. The molecule has 0 aliphatic heterocycles. The Kier molecular flexibility index (Phi) is 8.15. The van der Waals surface area contributed by atoms with Crippen LogP contribution in [-0.2, 0) is 16.1 Å². The van der Waals surface area contributed by atoms with Gasteiger partial charge in [0.15, 0.2) is 0 Å². The van der Waals surface area contributed by atoms with E-state index in [0.29, 0.717) is 45.7 Å². The van der Waals surface area contributed by atoms with Crippen LogP contribution in [0.1, 0.15) is 37.3 Å². The summed E-state index contributed by atoms with van der Waals surface area (Å²) >= 11 is 0. The number of hydrogen-bond donors (Lipinski definition) is 0. The predicted molar refractivity (Wildman–Crippen MR) is 163 cm³/mol. The topological polar surface area (TPSA) is 97.0 Å². The average Bonchev–Trinajstić information content (AvgIpc) is 3.00. The lowest BCUT2D eigenvalue weighted by Gasteiger charge is -2.22. The van der Waals surface area contributed by atoms with Gasteiger partial charge in [-0.05, 0) is 53.3 Å². The van der Waals surface area contributed by atoms with Crippen molar-refractivity contribution in [3.63, 3.8) is 0 Å². The first-order valence-electron chi connectivity index (χ1n) is 13.7. The third kappa shape index (κ3) is 5.28. The molecule has 1 atom stereocenters. The van der Waals surface area contributed by atoms with Gasteiger partial charge in [-0.1, -0.05) is 44.2 Å². The van der Waals surface area contributed by atoms with Crippen molar-refractivity contribution in [2.75, 3.05) is 21.3 Å². The summed E-state index contributed by atoms with van der Waals surface area (Å²) in [4.78, 5) is 40.8. The molecule has 0 N–H and O–H groups in total. The van der Waals surface area contributed by atoms with Crippen LogP contribution in [0.5, 0.6) is 11.5 Å². The van der Waals surface area contributed by atoms with Gasteiger partial charge in [0.05, 0.1) is 44.2 Å². The van der Waals surface area contributed by atoms with Crippen LogP contribution in [0.25, 0.3) is 33.0 Å². The van der Waals surface area contributed by atoms with Crippen molar-refractivity contribution in [2.45, 2.75) is 32.7 Å². The number of pyridine rings is 1. The van der Waals surface area contributed by atoms with E-state index >= 15 is 0 Å². The molecule has 1 unspecified atom stereocenters. The summed E-state index contributed by atoms with van der Waals surface area (Å²) in [5, 5.41) is 1.15. The van der Waals surface area contributed by atoms with Gasteiger partial charge in [-0.3, -0.25) is 14.4 Å². The van der Waals surface area contributed by atoms with E-state index < -0.39 is 11.9 Å². The normalized spacial score (nSPS) is 12.0. The van der Waals surface area contributed by atoms with E-state index in [9.17, 15) is 14.4 Å². The molecule has 0 radical (unpaired) electrons. The number of nitrogens with zero attached hydrogens (tertiary/aromatic N) is 1. The molecule has 0 fully saturated rings. The molecule has 0 amide bonds. The van der Waals surface area contributed by atoms with Gasteiger partial charge in [0.1, 0.15) is 23.3 Å². The zero-order chi connectivity index (χ0) is 30.0. The van der Waals surface area contributed by atoms with E-state index in [1.54, 1.807) is 48.1 Å². The van der Waals surface area contributed by atoms with E-state index in [2.05, 4.69) is 0 Å². The molecule has 2 heterocycles. The fourth-order valence-corrected chi connectivity index (χ4v) is 5.44. The lowest BCUT2D eigenvalue weighted by molar-refractivity contribution is -0.140. The second-order valence-electron chi connectivity index (χ2n) is 10.6. The molecule has 0 saturated heterocycles. The number of ether oxygens (including phenoxy) is 3. The molecule has 216 valence electrons. The maximum Gasteiger partial charge on any atom is 0.306 e. The van der Waals surface area contributed by atoms with Gasteiger partial charge in [-0.25, -0.2) is 0 Å². The Labute approximate surface area is 243 Å². The van der Waals surface area contributed by atoms with Crippen molar-refractivity contribution in [1.82, 2.24) is 4.57 Å². The minimum absolute atomic E-state index is 0.162. The Hall–Kier alpha value is -4.85. The summed E-state index contributed by atoms with van der Waals surface area (Å²) in [6.07, 6.45) is 1.24. The smallest absolute Gasteiger partial charge is 0.306 e.